The van der Waals surface area contributed by atoms with Crippen molar-refractivity contribution < 1.29 is 4.79 Å². The van der Waals surface area contributed by atoms with Crippen molar-refractivity contribution in [3.05, 3.63) is 41.7 Å². The highest BCUT2D eigenvalue weighted by molar-refractivity contribution is 5.90. The zero-order chi connectivity index (χ0) is 12.4. The Bertz CT molecular complexity index is 525. The number of nitrogens with zero attached hydrogens (tertiary/aromatic N) is 4. The van der Waals surface area contributed by atoms with Gasteiger partial charge in [-0.15, -0.1) is 10.2 Å². The van der Waals surface area contributed by atoms with E-state index in [2.05, 4.69) is 32.8 Å². The first kappa shape index (κ1) is 10.9. The van der Waals surface area contributed by atoms with Gasteiger partial charge in [0.05, 0.1) is 0 Å². The van der Waals surface area contributed by atoms with Crippen LogP contribution in [0.25, 0.3) is 0 Å². The van der Waals surface area contributed by atoms with Crippen molar-refractivity contribution in [2.24, 2.45) is 0 Å². The van der Waals surface area contributed by atoms with Crippen LogP contribution in [0.4, 0.5) is 0 Å². The molecular formula is C12H13N5O. The summed E-state index contributed by atoms with van der Waals surface area (Å²) in [6.07, 6.45) is 0.980. The molecule has 1 aliphatic rings. The summed E-state index contributed by atoms with van der Waals surface area (Å²) < 4.78 is 0. The third kappa shape index (κ3) is 1.97. The van der Waals surface area contributed by atoms with Gasteiger partial charge in [-0.05, 0) is 17.2 Å². The van der Waals surface area contributed by atoms with Gasteiger partial charge in [-0.3, -0.25) is 4.79 Å². The molecule has 0 spiro atoms. The lowest BCUT2D eigenvalue weighted by Gasteiger charge is -2.14. The highest BCUT2D eigenvalue weighted by Gasteiger charge is 2.29. The number of hydrogen-bond acceptors (Lipinski definition) is 4. The molecule has 0 saturated carbocycles. The van der Waals surface area contributed by atoms with Gasteiger partial charge in [0, 0.05) is 19.0 Å². The molecule has 0 radical (unpaired) electrons. The van der Waals surface area contributed by atoms with Crippen LogP contribution in [0.5, 0.6) is 0 Å². The van der Waals surface area contributed by atoms with Crippen LogP contribution < -0.4 is 0 Å². The first-order valence-corrected chi connectivity index (χ1v) is 5.92. The molecule has 18 heavy (non-hydrogen) atoms. The van der Waals surface area contributed by atoms with Crippen LogP contribution in [0.15, 0.2) is 30.3 Å². The van der Waals surface area contributed by atoms with Gasteiger partial charge in [-0.1, -0.05) is 30.3 Å². The van der Waals surface area contributed by atoms with Crippen molar-refractivity contribution >= 4 is 5.91 Å². The monoisotopic (exact) mass is 243 g/mol. The summed E-state index contributed by atoms with van der Waals surface area (Å²) >= 11 is 0. The highest BCUT2D eigenvalue weighted by atomic mass is 16.2. The fraction of sp³-hybridized carbons (Fsp3) is 0.333. The Labute approximate surface area is 104 Å². The quantitative estimate of drug-likeness (QED) is 0.847. The van der Waals surface area contributed by atoms with E-state index < -0.39 is 0 Å². The number of benzene rings is 1. The highest BCUT2D eigenvalue weighted by Crippen LogP contribution is 2.27. The second-order valence-corrected chi connectivity index (χ2v) is 4.38. The average molecular weight is 243 g/mol. The Balaban J connectivity index is 1.71. The average Bonchev–Trinajstić information content (AvgIpc) is 3.10. The lowest BCUT2D eigenvalue weighted by Crippen LogP contribution is -2.29. The standard InChI is InChI=1S/C12H13N5O/c18-12(11-13-15-16-14-11)17-7-6-10(8-17)9-4-2-1-3-5-9/h1-5,10H,6-8H2,(H,13,14,15,16). The number of aromatic nitrogens is 4. The van der Waals surface area contributed by atoms with Crippen molar-refractivity contribution in [3.8, 4) is 0 Å². The van der Waals surface area contributed by atoms with Crippen LogP contribution in [0, 0.1) is 0 Å². The first-order valence-electron chi connectivity index (χ1n) is 5.92. The number of likely N-dealkylation sites (tertiary alicyclic amines) is 1. The molecule has 1 fully saturated rings. The fourth-order valence-electron chi connectivity index (χ4n) is 2.34. The Morgan fingerprint density at radius 1 is 1.33 bits per heavy atom. The van der Waals surface area contributed by atoms with Crippen LogP contribution in [-0.4, -0.2) is 44.5 Å². The molecule has 1 unspecified atom stereocenters. The minimum atomic E-state index is -0.151. The topological polar surface area (TPSA) is 74.8 Å². The van der Waals surface area contributed by atoms with Gasteiger partial charge in [0.15, 0.2) is 0 Å². The number of H-pyrrole nitrogens is 1. The van der Waals surface area contributed by atoms with Gasteiger partial charge >= 0.3 is 0 Å². The van der Waals surface area contributed by atoms with Crippen molar-refractivity contribution in [1.29, 1.82) is 0 Å². The Morgan fingerprint density at radius 2 is 2.17 bits per heavy atom. The molecule has 1 amide bonds. The van der Waals surface area contributed by atoms with Gasteiger partial charge in [0.2, 0.25) is 0 Å². The summed E-state index contributed by atoms with van der Waals surface area (Å²) in [4.78, 5) is 13.8. The van der Waals surface area contributed by atoms with E-state index in [1.54, 1.807) is 4.90 Å². The van der Waals surface area contributed by atoms with Gasteiger partial charge in [0.1, 0.15) is 0 Å². The van der Waals surface area contributed by atoms with E-state index in [0.29, 0.717) is 5.92 Å². The zero-order valence-electron chi connectivity index (χ0n) is 9.78. The van der Waals surface area contributed by atoms with Crippen LogP contribution in [-0.2, 0) is 0 Å². The number of hydrogen-bond donors (Lipinski definition) is 1. The normalized spacial score (nSPS) is 19.1. The Morgan fingerprint density at radius 3 is 2.89 bits per heavy atom. The van der Waals surface area contributed by atoms with Gasteiger partial charge < -0.3 is 4.90 Å². The Kier molecular flexibility index (Phi) is 2.76. The number of nitrogens with one attached hydrogen (secondary N) is 1. The maximum atomic E-state index is 12.0. The van der Waals surface area contributed by atoms with Gasteiger partial charge in [-0.25, -0.2) is 0 Å². The molecule has 1 aromatic heterocycles. The number of tetrazole rings is 1. The van der Waals surface area contributed by atoms with E-state index in [4.69, 9.17) is 0 Å². The molecule has 1 aliphatic heterocycles. The zero-order valence-corrected chi connectivity index (χ0v) is 9.78. The summed E-state index contributed by atoms with van der Waals surface area (Å²) in [6, 6.07) is 10.3. The summed E-state index contributed by atoms with van der Waals surface area (Å²) in [5.41, 5.74) is 1.28. The number of rotatable bonds is 2. The van der Waals surface area contributed by atoms with E-state index in [0.717, 1.165) is 19.5 Å². The summed E-state index contributed by atoms with van der Waals surface area (Å²) in [5, 5.41) is 13.1. The van der Waals surface area contributed by atoms with E-state index in [1.165, 1.54) is 5.56 Å². The predicted molar refractivity (Wildman–Crippen MR) is 63.9 cm³/mol. The number of carbonyl (C=O) groups excluding carboxylic acids is 1. The van der Waals surface area contributed by atoms with Crippen LogP contribution in [0.3, 0.4) is 0 Å². The van der Waals surface area contributed by atoms with Crippen molar-refractivity contribution in [1.82, 2.24) is 25.5 Å². The van der Waals surface area contributed by atoms with Gasteiger partial charge in [0.25, 0.3) is 11.7 Å². The third-order valence-corrected chi connectivity index (χ3v) is 3.28. The van der Waals surface area contributed by atoms with E-state index >= 15 is 0 Å². The molecule has 92 valence electrons. The summed E-state index contributed by atoms with van der Waals surface area (Å²) in [6.45, 7) is 1.46. The molecule has 2 heterocycles. The molecule has 0 aliphatic carbocycles. The van der Waals surface area contributed by atoms with E-state index in [1.807, 2.05) is 18.2 Å². The van der Waals surface area contributed by atoms with E-state index in [9.17, 15) is 4.79 Å². The summed E-state index contributed by atoms with van der Waals surface area (Å²) in [5.74, 6) is 0.396. The summed E-state index contributed by atoms with van der Waals surface area (Å²) in [7, 11) is 0. The van der Waals surface area contributed by atoms with Crippen molar-refractivity contribution in [3.63, 3.8) is 0 Å². The van der Waals surface area contributed by atoms with E-state index in [-0.39, 0.29) is 11.7 Å². The molecule has 3 rings (SSSR count). The largest absolute Gasteiger partial charge is 0.335 e. The smallest absolute Gasteiger partial charge is 0.295 e. The fourth-order valence-corrected chi connectivity index (χ4v) is 2.34. The molecule has 0 bridgehead atoms. The van der Waals surface area contributed by atoms with Crippen LogP contribution >= 0.6 is 0 Å². The lowest BCUT2D eigenvalue weighted by molar-refractivity contribution is 0.0779. The molecule has 6 heteroatoms. The van der Waals surface area contributed by atoms with Gasteiger partial charge in [-0.2, -0.15) is 5.21 Å². The molecule has 1 aromatic carbocycles. The molecule has 1 atom stereocenters. The third-order valence-electron chi connectivity index (χ3n) is 3.28. The van der Waals surface area contributed by atoms with Crippen molar-refractivity contribution in [2.75, 3.05) is 13.1 Å². The number of aromatic amines is 1. The minimum absolute atomic E-state index is 0.142. The molecule has 2 aromatic rings. The predicted octanol–water partition coefficient (Wildman–Crippen LogP) is 0.829. The van der Waals surface area contributed by atoms with Crippen LogP contribution in [0.1, 0.15) is 28.5 Å². The molecular weight excluding hydrogens is 230 g/mol. The maximum absolute atomic E-state index is 12.0. The second-order valence-electron chi connectivity index (χ2n) is 4.38. The Hall–Kier alpha value is -2.24. The lowest BCUT2D eigenvalue weighted by atomic mass is 9.99. The first-order chi connectivity index (χ1) is 8.84. The molecule has 1 N–H and O–H groups in total. The van der Waals surface area contributed by atoms with Crippen molar-refractivity contribution in [2.45, 2.75) is 12.3 Å². The number of amides is 1. The maximum Gasteiger partial charge on any atom is 0.295 e. The SMILES string of the molecule is O=C(c1nn[nH]n1)N1CCC(c2ccccc2)C1. The molecule has 6 nitrogen and oxygen atoms in total. The second kappa shape index (κ2) is 4.56. The molecule has 1 saturated heterocycles. The minimum Gasteiger partial charge on any atom is -0.335 e. The van der Waals surface area contributed by atoms with Crippen LogP contribution in [0.2, 0.25) is 0 Å². The number of carbonyl (C=O) groups is 1.